The Labute approximate surface area is 158 Å². The zero-order chi connectivity index (χ0) is 17.8. The highest BCUT2D eigenvalue weighted by Gasteiger charge is 2.21. The first-order valence-electron chi connectivity index (χ1n) is 8.71. The molecule has 2 aromatic rings. The molecule has 0 spiro atoms. The van der Waals surface area contributed by atoms with Gasteiger partial charge in [0.25, 0.3) is 0 Å². The van der Waals surface area contributed by atoms with Gasteiger partial charge in [0.15, 0.2) is 0 Å². The van der Waals surface area contributed by atoms with Gasteiger partial charge < -0.3 is 9.64 Å². The smallest absolute Gasteiger partial charge is 0.228 e. The van der Waals surface area contributed by atoms with Crippen molar-refractivity contribution >= 4 is 28.0 Å². The predicted octanol–water partition coefficient (Wildman–Crippen LogP) is 4.70. The summed E-state index contributed by atoms with van der Waals surface area (Å²) in [7, 11) is 2.00. The summed E-state index contributed by atoms with van der Waals surface area (Å²) < 4.78 is 7.06. The van der Waals surface area contributed by atoms with Crippen LogP contribution in [0.1, 0.15) is 30.2 Å². The van der Waals surface area contributed by atoms with E-state index in [1.165, 1.54) is 11.1 Å². The van der Waals surface area contributed by atoms with Crippen molar-refractivity contribution in [2.45, 2.75) is 39.2 Å². The largest absolute Gasteiger partial charge is 0.473 e. The molecule has 0 bridgehead atoms. The molecule has 1 aliphatic rings. The van der Waals surface area contributed by atoms with E-state index < -0.39 is 0 Å². The van der Waals surface area contributed by atoms with E-state index in [1.54, 1.807) is 0 Å². The topological polar surface area (TPSA) is 37.7 Å². The molecule has 0 N–H and O–H groups in total. The number of aryl methyl sites for hydroxylation is 2. The van der Waals surface area contributed by atoms with Crippen LogP contribution in [0, 0.1) is 6.92 Å². The molecule has 1 atom stereocenters. The Hall–Kier alpha value is -1.88. The Bertz CT molecular complexity index is 776. The van der Waals surface area contributed by atoms with E-state index in [0.717, 1.165) is 41.7 Å². The third kappa shape index (κ3) is 4.40. The first-order chi connectivity index (χ1) is 12.1. The fourth-order valence-corrected chi connectivity index (χ4v) is 3.33. The number of hydrogen-bond acceptors (Lipinski definition) is 3. The number of pyridine rings is 1. The molecular formula is C20H24BrN3O. The number of aliphatic imine (C=N–C) groups is 1. The van der Waals surface area contributed by atoms with Crippen LogP contribution in [-0.4, -0.2) is 35.9 Å². The second-order valence-corrected chi connectivity index (χ2v) is 7.30. The SMILES string of the molecule is CCN(C)/C=N/c1cc(Br)c(O[C@@H]2CCc3ccccc3C2)nc1C. The molecule has 1 aromatic heterocycles. The number of aromatic nitrogens is 1. The molecule has 4 nitrogen and oxygen atoms in total. The second-order valence-electron chi connectivity index (χ2n) is 6.45. The summed E-state index contributed by atoms with van der Waals surface area (Å²) >= 11 is 3.59. The number of nitrogens with zero attached hydrogens (tertiary/aromatic N) is 3. The van der Waals surface area contributed by atoms with Gasteiger partial charge in [-0.25, -0.2) is 9.98 Å². The molecule has 1 aromatic carbocycles. The van der Waals surface area contributed by atoms with Crippen molar-refractivity contribution in [1.29, 1.82) is 0 Å². The zero-order valence-corrected chi connectivity index (χ0v) is 16.6. The van der Waals surface area contributed by atoms with Crippen LogP contribution < -0.4 is 4.74 Å². The first-order valence-corrected chi connectivity index (χ1v) is 9.51. The summed E-state index contributed by atoms with van der Waals surface area (Å²) in [4.78, 5) is 11.2. The average Bonchev–Trinajstić information content (AvgIpc) is 2.63. The Morgan fingerprint density at radius 3 is 2.88 bits per heavy atom. The zero-order valence-electron chi connectivity index (χ0n) is 15.0. The Kier molecular flexibility index (Phi) is 5.74. The van der Waals surface area contributed by atoms with Gasteiger partial charge in [0.05, 0.1) is 22.2 Å². The lowest BCUT2D eigenvalue weighted by atomic mass is 9.90. The summed E-state index contributed by atoms with van der Waals surface area (Å²) in [6.07, 6.45) is 5.01. The number of halogens is 1. The Morgan fingerprint density at radius 2 is 2.12 bits per heavy atom. The van der Waals surface area contributed by atoms with Crippen molar-refractivity contribution in [3.05, 3.63) is 51.6 Å². The molecule has 1 aliphatic carbocycles. The highest BCUT2D eigenvalue weighted by atomic mass is 79.9. The monoisotopic (exact) mass is 401 g/mol. The lowest BCUT2D eigenvalue weighted by molar-refractivity contribution is 0.175. The van der Waals surface area contributed by atoms with Crippen LogP contribution in [-0.2, 0) is 12.8 Å². The van der Waals surface area contributed by atoms with Crippen LogP contribution in [0.3, 0.4) is 0 Å². The predicted molar refractivity (Wildman–Crippen MR) is 106 cm³/mol. The minimum absolute atomic E-state index is 0.165. The van der Waals surface area contributed by atoms with Gasteiger partial charge >= 0.3 is 0 Å². The van der Waals surface area contributed by atoms with E-state index in [0.29, 0.717) is 5.88 Å². The molecule has 25 heavy (non-hydrogen) atoms. The van der Waals surface area contributed by atoms with Crippen LogP contribution in [0.4, 0.5) is 5.69 Å². The fourth-order valence-electron chi connectivity index (χ4n) is 2.93. The quantitative estimate of drug-likeness (QED) is 0.538. The molecule has 0 saturated carbocycles. The summed E-state index contributed by atoms with van der Waals surface area (Å²) in [5.74, 6) is 0.657. The molecule has 132 valence electrons. The van der Waals surface area contributed by atoms with E-state index in [1.807, 2.05) is 31.3 Å². The summed E-state index contributed by atoms with van der Waals surface area (Å²) in [6.45, 7) is 4.97. The number of ether oxygens (including phenoxy) is 1. The van der Waals surface area contributed by atoms with Crippen molar-refractivity contribution in [1.82, 2.24) is 9.88 Å². The van der Waals surface area contributed by atoms with Crippen molar-refractivity contribution in [2.24, 2.45) is 4.99 Å². The van der Waals surface area contributed by atoms with E-state index in [9.17, 15) is 0 Å². The van der Waals surface area contributed by atoms with Crippen molar-refractivity contribution in [3.63, 3.8) is 0 Å². The van der Waals surface area contributed by atoms with Gasteiger partial charge in [-0.15, -0.1) is 0 Å². The molecule has 0 saturated heterocycles. The number of rotatable bonds is 5. The molecule has 0 radical (unpaired) electrons. The molecule has 3 rings (SSSR count). The molecule has 0 amide bonds. The number of benzene rings is 1. The standard InChI is InChI=1S/C20H24BrN3O/c1-4-24(3)13-22-19-12-18(21)20(23-14(19)2)25-17-10-9-15-7-5-6-8-16(15)11-17/h5-8,12-13,17H,4,9-11H2,1-3H3/b22-13+/t17-/m1/s1. The summed E-state index contributed by atoms with van der Waals surface area (Å²) in [6, 6.07) is 10.6. The van der Waals surface area contributed by atoms with Crippen LogP contribution in [0.2, 0.25) is 0 Å². The van der Waals surface area contributed by atoms with Crippen LogP contribution in [0.15, 0.2) is 39.8 Å². The van der Waals surface area contributed by atoms with Gasteiger partial charge in [-0.1, -0.05) is 24.3 Å². The van der Waals surface area contributed by atoms with Gasteiger partial charge in [0, 0.05) is 20.0 Å². The maximum Gasteiger partial charge on any atom is 0.228 e. The lowest BCUT2D eigenvalue weighted by Gasteiger charge is -2.25. The van der Waals surface area contributed by atoms with E-state index >= 15 is 0 Å². The highest BCUT2D eigenvalue weighted by Crippen LogP contribution is 2.32. The number of hydrogen-bond donors (Lipinski definition) is 0. The van der Waals surface area contributed by atoms with Gasteiger partial charge in [-0.2, -0.15) is 0 Å². The van der Waals surface area contributed by atoms with Gasteiger partial charge in [-0.05, 0) is 59.8 Å². The molecule has 0 aliphatic heterocycles. The van der Waals surface area contributed by atoms with E-state index in [4.69, 9.17) is 4.74 Å². The Morgan fingerprint density at radius 1 is 1.36 bits per heavy atom. The normalized spacial score (nSPS) is 16.7. The Balaban J connectivity index is 1.73. The van der Waals surface area contributed by atoms with E-state index in [2.05, 4.69) is 57.1 Å². The van der Waals surface area contributed by atoms with Crippen LogP contribution in [0.25, 0.3) is 0 Å². The second kappa shape index (κ2) is 8.00. The third-order valence-electron chi connectivity index (χ3n) is 4.58. The minimum atomic E-state index is 0.165. The molecule has 0 fully saturated rings. The molecule has 5 heteroatoms. The third-order valence-corrected chi connectivity index (χ3v) is 5.15. The van der Waals surface area contributed by atoms with Crippen LogP contribution in [0.5, 0.6) is 5.88 Å². The summed E-state index contributed by atoms with van der Waals surface area (Å²) in [5, 5.41) is 0. The molecular weight excluding hydrogens is 378 g/mol. The number of fused-ring (bicyclic) bond motifs is 1. The molecule has 1 heterocycles. The first kappa shape index (κ1) is 17.9. The van der Waals surface area contributed by atoms with Gasteiger partial charge in [0.1, 0.15) is 6.10 Å². The van der Waals surface area contributed by atoms with Crippen molar-refractivity contribution < 1.29 is 4.74 Å². The maximum absolute atomic E-state index is 6.21. The average molecular weight is 402 g/mol. The van der Waals surface area contributed by atoms with E-state index in [-0.39, 0.29) is 6.10 Å². The summed E-state index contributed by atoms with van der Waals surface area (Å²) in [5.41, 5.74) is 4.55. The molecule has 0 unspecified atom stereocenters. The van der Waals surface area contributed by atoms with Crippen molar-refractivity contribution in [3.8, 4) is 5.88 Å². The van der Waals surface area contributed by atoms with Crippen LogP contribution >= 0.6 is 15.9 Å². The van der Waals surface area contributed by atoms with Gasteiger partial charge in [0.2, 0.25) is 5.88 Å². The fraction of sp³-hybridized carbons (Fsp3) is 0.400. The maximum atomic E-state index is 6.21. The van der Waals surface area contributed by atoms with Crippen molar-refractivity contribution in [2.75, 3.05) is 13.6 Å². The lowest BCUT2D eigenvalue weighted by Crippen LogP contribution is -2.25. The van der Waals surface area contributed by atoms with Gasteiger partial charge in [-0.3, -0.25) is 0 Å². The minimum Gasteiger partial charge on any atom is -0.473 e. The highest BCUT2D eigenvalue weighted by molar-refractivity contribution is 9.10.